The van der Waals surface area contributed by atoms with Gasteiger partial charge < -0.3 is 5.11 Å². The molecule has 2 unspecified atom stereocenters. The van der Waals surface area contributed by atoms with Crippen molar-refractivity contribution >= 4 is 9.84 Å². The molecule has 0 saturated carbocycles. The Bertz CT molecular complexity index is 698. The standard InChI is InChI=1S/C16H19NO3S/c1-11-5-6-12(10-17)15(7-11)16(18)8-13-3-2-4-14(9-16)21(13,19)20/h5-7,13-14,18H,2-4,8-9H2,1H3. The van der Waals surface area contributed by atoms with Crippen LogP contribution in [0.2, 0.25) is 0 Å². The van der Waals surface area contributed by atoms with Crippen molar-refractivity contribution in [3.05, 3.63) is 34.9 Å². The number of fused-ring (bicyclic) bond motifs is 2. The summed E-state index contributed by atoms with van der Waals surface area (Å²) < 4.78 is 24.7. The number of sulfone groups is 1. The van der Waals surface area contributed by atoms with Crippen molar-refractivity contribution in [2.45, 2.75) is 55.1 Å². The zero-order valence-electron chi connectivity index (χ0n) is 12.0. The van der Waals surface area contributed by atoms with Gasteiger partial charge in [-0.25, -0.2) is 8.42 Å². The summed E-state index contributed by atoms with van der Waals surface area (Å²) in [5.74, 6) is 0. The second-order valence-electron chi connectivity index (χ2n) is 6.36. The summed E-state index contributed by atoms with van der Waals surface area (Å²) >= 11 is 0. The number of aryl methyl sites for hydroxylation is 1. The Morgan fingerprint density at radius 1 is 1.29 bits per heavy atom. The van der Waals surface area contributed by atoms with E-state index in [-0.39, 0.29) is 12.8 Å². The molecule has 1 aromatic carbocycles. The van der Waals surface area contributed by atoms with Crippen LogP contribution in [0.5, 0.6) is 0 Å². The molecule has 1 N–H and O–H groups in total. The average molecular weight is 305 g/mol. The van der Waals surface area contributed by atoms with Gasteiger partial charge >= 0.3 is 0 Å². The van der Waals surface area contributed by atoms with E-state index in [9.17, 15) is 18.8 Å². The fourth-order valence-corrected chi connectivity index (χ4v) is 6.36. The highest BCUT2D eigenvalue weighted by Gasteiger charge is 2.51. The molecule has 0 spiro atoms. The van der Waals surface area contributed by atoms with Gasteiger partial charge in [0.25, 0.3) is 0 Å². The fourth-order valence-electron chi connectivity index (χ4n) is 3.81. The lowest BCUT2D eigenvalue weighted by Crippen LogP contribution is -2.50. The molecule has 2 saturated heterocycles. The minimum Gasteiger partial charge on any atom is -0.385 e. The van der Waals surface area contributed by atoms with Crippen LogP contribution >= 0.6 is 0 Å². The van der Waals surface area contributed by atoms with E-state index in [0.29, 0.717) is 24.0 Å². The Morgan fingerprint density at radius 3 is 2.48 bits per heavy atom. The van der Waals surface area contributed by atoms with Gasteiger partial charge in [0.2, 0.25) is 0 Å². The highest BCUT2D eigenvalue weighted by molar-refractivity contribution is 7.92. The summed E-state index contributed by atoms with van der Waals surface area (Å²) in [5, 5.41) is 19.4. The van der Waals surface area contributed by atoms with Crippen LogP contribution in [0.1, 0.15) is 48.8 Å². The number of hydrogen-bond donors (Lipinski definition) is 1. The molecule has 3 rings (SSSR count). The first-order valence-corrected chi connectivity index (χ1v) is 8.94. The van der Waals surface area contributed by atoms with Crippen LogP contribution in [0.4, 0.5) is 0 Å². The van der Waals surface area contributed by atoms with Gasteiger partial charge in [-0.1, -0.05) is 24.1 Å². The summed E-state index contributed by atoms with van der Waals surface area (Å²) in [6.45, 7) is 1.91. The largest absolute Gasteiger partial charge is 0.385 e. The molecule has 112 valence electrons. The van der Waals surface area contributed by atoms with Crippen molar-refractivity contribution in [1.82, 2.24) is 0 Å². The van der Waals surface area contributed by atoms with E-state index in [0.717, 1.165) is 12.0 Å². The van der Waals surface area contributed by atoms with Crippen molar-refractivity contribution in [2.24, 2.45) is 0 Å². The molecule has 5 heteroatoms. The molecule has 2 heterocycles. The fraction of sp³-hybridized carbons (Fsp3) is 0.562. The lowest BCUT2D eigenvalue weighted by molar-refractivity contribution is 0.00472. The Labute approximate surface area is 125 Å². The van der Waals surface area contributed by atoms with Crippen LogP contribution in [0.3, 0.4) is 0 Å². The molecule has 0 radical (unpaired) electrons. The molecular weight excluding hydrogens is 286 g/mol. The topological polar surface area (TPSA) is 78.2 Å². The van der Waals surface area contributed by atoms with Gasteiger partial charge in [-0.3, -0.25) is 0 Å². The van der Waals surface area contributed by atoms with Crippen LogP contribution in [0, 0.1) is 18.3 Å². The zero-order valence-corrected chi connectivity index (χ0v) is 12.9. The summed E-state index contributed by atoms with van der Waals surface area (Å²) in [6.07, 6.45) is 2.57. The molecule has 1 aromatic rings. The Balaban J connectivity index is 2.08. The summed E-state index contributed by atoms with van der Waals surface area (Å²) in [4.78, 5) is 0. The maximum absolute atomic E-state index is 12.4. The number of hydrogen-bond acceptors (Lipinski definition) is 4. The quantitative estimate of drug-likeness (QED) is 0.862. The lowest BCUT2D eigenvalue weighted by atomic mass is 9.78. The average Bonchev–Trinajstić information content (AvgIpc) is 2.41. The van der Waals surface area contributed by atoms with E-state index in [1.54, 1.807) is 6.07 Å². The van der Waals surface area contributed by atoms with Gasteiger partial charge in [0.15, 0.2) is 9.84 Å². The third-order valence-corrected chi connectivity index (χ3v) is 7.57. The Kier molecular flexibility index (Phi) is 3.34. The van der Waals surface area contributed by atoms with Crippen molar-refractivity contribution in [2.75, 3.05) is 0 Å². The third kappa shape index (κ3) is 2.27. The summed E-state index contributed by atoms with van der Waals surface area (Å²) in [5.41, 5.74) is 0.811. The number of aliphatic hydroxyl groups is 1. The molecule has 2 aliphatic rings. The summed E-state index contributed by atoms with van der Waals surface area (Å²) in [7, 11) is -3.12. The van der Waals surface area contributed by atoms with Crippen LogP contribution in [0.25, 0.3) is 0 Å². The van der Waals surface area contributed by atoms with Crippen molar-refractivity contribution in [1.29, 1.82) is 5.26 Å². The molecule has 0 aromatic heterocycles. The molecule has 2 atom stereocenters. The van der Waals surface area contributed by atoms with E-state index >= 15 is 0 Å². The second-order valence-corrected chi connectivity index (χ2v) is 8.88. The number of benzene rings is 1. The number of nitriles is 1. The van der Waals surface area contributed by atoms with Gasteiger partial charge in [0.1, 0.15) is 0 Å². The summed E-state index contributed by atoms with van der Waals surface area (Å²) in [6, 6.07) is 7.50. The molecule has 2 aliphatic heterocycles. The first-order chi connectivity index (χ1) is 9.87. The van der Waals surface area contributed by atoms with Crippen LogP contribution in [0.15, 0.2) is 18.2 Å². The molecule has 21 heavy (non-hydrogen) atoms. The van der Waals surface area contributed by atoms with Gasteiger partial charge in [-0.05, 0) is 38.7 Å². The minimum absolute atomic E-state index is 0.212. The minimum atomic E-state index is -3.12. The molecular formula is C16H19NO3S. The predicted octanol–water partition coefficient (Wildman–Crippen LogP) is 2.18. The number of rotatable bonds is 1. The molecule has 2 fully saturated rings. The van der Waals surface area contributed by atoms with Crippen LogP contribution < -0.4 is 0 Å². The van der Waals surface area contributed by atoms with E-state index in [4.69, 9.17) is 0 Å². The van der Waals surface area contributed by atoms with E-state index < -0.39 is 25.9 Å². The Hall–Kier alpha value is -1.38. The Morgan fingerprint density at radius 2 is 1.90 bits per heavy atom. The highest BCUT2D eigenvalue weighted by atomic mass is 32.2. The van der Waals surface area contributed by atoms with Gasteiger partial charge in [0.05, 0.1) is 27.7 Å². The molecule has 0 aliphatic carbocycles. The van der Waals surface area contributed by atoms with Gasteiger partial charge in [0, 0.05) is 5.56 Å². The predicted molar refractivity (Wildman–Crippen MR) is 79.4 cm³/mol. The van der Waals surface area contributed by atoms with E-state index in [1.165, 1.54) is 0 Å². The first kappa shape index (κ1) is 14.6. The zero-order chi connectivity index (χ0) is 15.3. The molecule has 2 bridgehead atoms. The SMILES string of the molecule is Cc1ccc(C#N)c(C2(O)CC3CCCC(C2)S3(=O)=O)c1. The smallest absolute Gasteiger partial charge is 0.156 e. The van der Waals surface area contributed by atoms with Crippen LogP contribution in [-0.4, -0.2) is 24.0 Å². The van der Waals surface area contributed by atoms with Gasteiger partial charge in [-0.15, -0.1) is 0 Å². The third-order valence-electron chi connectivity index (χ3n) is 4.91. The first-order valence-electron chi connectivity index (χ1n) is 7.33. The van der Waals surface area contributed by atoms with Crippen LogP contribution in [-0.2, 0) is 15.4 Å². The lowest BCUT2D eigenvalue weighted by Gasteiger charge is -2.44. The van der Waals surface area contributed by atoms with Gasteiger partial charge in [-0.2, -0.15) is 5.26 Å². The van der Waals surface area contributed by atoms with Crippen molar-refractivity contribution < 1.29 is 13.5 Å². The second kappa shape index (κ2) is 4.82. The van der Waals surface area contributed by atoms with Crippen molar-refractivity contribution in [3.63, 3.8) is 0 Å². The highest BCUT2D eigenvalue weighted by Crippen LogP contribution is 2.46. The van der Waals surface area contributed by atoms with E-state index in [1.807, 2.05) is 19.1 Å². The maximum Gasteiger partial charge on any atom is 0.156 e. The molecule has 0 amide bonds. The van der Waals surface area contributed by atoms with E-state index in [2.05, 4.69) is 6.07 Å². The normalized spacial score (nSPS) is 34.1. The number of nitrogens with zero attached hydrogens (tertiary/aromatic N) is 1. The maximum atomic E-state index is 12.4. The monoisotopic (exact) mass is 305 g/mol. The molecule has 4 nitrogen and oxygen atoms in total. The van der Waals surface area contributed by atoms with Crippen molar-refractivity contribution in [3.8, 4) is 6.07 Å².